The van der Waals surface area contributed by atoms with E-state index >= 15 is 0 Å². The zero-order chi connectivity index (χ0) is 15.4. The van der Waals surface area contributed by atoms with Crippen molar-refractivity contribution in [3.63, 3.8) is 0 Å². The normalized spacial score (nSPS) is 31.5. The highest BCUT2D eigenvalue weighted by atomic mass is 16.5. The van der Waals surface area contributed by atoms with Crippen molar-refractivity contribution < 1.29 is 9.53 Å². The molecule has 1 aliphatic carbocycles. The van der Waals surface area contributed by atoms with Crippen LogP contribution >= 0.6 is 0 Å². The summed E-state index contributed by atoms with van der Waals surface area (Å²) in [6.45, 7) is 0.589. The van der Waals surface area contributed by atoms with E-state index in [1.807, 2.05) is 31.3 Å². The first kappa shape index (κ1) is 13.5. The Kier molecular flexibility index (Phi) is 2.89. The summed E-state index contributed by atoms with van der Waals surface area (Å²) in [6.07, 6.45) is 7.14. The Morgan fingerprint density at radius 1 is 1.32 bits per heavy atom. The second-order valence-electron chi connectivity index (χ2n) is 6.61. The molecule has 3 N–H and O–H groups in total. The molecule has 4 aliphatic rings. The van der Waals surface area contributed by atoms with Crippen LogP contribution in [0.5, 0.6) is 0 Å². The Labute approximate surface area is 130 Å². The molecule has 0 saturated heterocycles. The van der Waals surface area contributed by atoms with Crippen LogP contribution in [0.25, 0.3) is 0 Å². The second-order valence-corrected chi connectivity index (χ2v) is 6.61. The van der Waals surface area contributed by atoms with Crippen molar-refractivity contribution in [2.75, 3.05) is 20.7 Å². The first-order chi connectivity index (χ1) is 10.6. The van der Waals surface area contributed by atoms with E-state index in [-0.39, 0.29) is 12.1 Å². The number of nitrogens with two attached hydrogens (primary N) is 1. The van der Waals surface area contributed by atoms with Gasteiger partial charge in [-0.05, 0) is 24.8 Å². The molecule has 0 spiro atoms. The molecule has 0 aromatic heterocycles. The van der Waals surface area contributed by atoms with Crippen LogP contribution in [0.1, 0.15) is 19.3 Å². The Morgan fingerprint density at radius 3 is 2.82 bits per heavy atom. The molecule has 3 aliphatic heterocycles. The maximum atomic E-state index is 12.7. The smallest absolute Gasteiger partial charge is 0.292 e. The van der Waals surface area contributed by atoms with Crippen LogP contribution in [0.4, 0.5) is 0 Å². The second kappa shape index (κ2) is 4.69. The highest BCUT2D eigenvalue weighted by Crippen LogP contribution is 2.39. The fourth-order valence-corrected chi connectivity index (χ4v) is 3.69. The summed E-state index contributed by atoms with van der Waals surface area (Å²) in [4.78, 5) is 16.4. The summed E-state index contributed by atoms with van der Waals surface area (Å²) < 4.78 is 5.82. The van der Waals surface area contributed by atoms with Crippen LogP contribution in [0.2, 0.25) is 0 Å². The van der Waals surface area contributed by atoms with Crippen molar-refractivity contribution in [1.82, 2.24) is 15.1 Å². The van der Waals surface area contributed by atoms with Gasteiger partial charge < -0.3 is 25.6 Å². The molecular formula is C16H22N4O2. The van der Waals surface area contributed by atoms with Crippen LogP contribution in [0.15, 0.2) is 35.0 Å². The maximum absolute atomic E-state index is 12.7. The van der Waals surface area contributed by atoms with E-state index < -0.39 is 0 Å². The van der Waals surface area contributed by atoms with E-state index in [9.17, 15) is 4.79 Å². The third kappa shape index (κ3) is 1.97. The monoisotopic (exact) mass is 302 g/mol. The van der Waals surface area contributed by atoms with Crippen LogP contribution in [-0.4, -0.2) is 48.6 Å². The van der Waals surface area contributed by atoms with Crippen molar-refractivity contribution in [3.8, 4) is 0 Å². The number of fused-ring (bicyclic) bond motifs is 2. The van der Waals surface area contributed by atoms with E-state index in [2.05, 4.69) is 5.32 Å². The average Bonchev–Trinajstić information content (AvgIpc) is 3.29. The number of carbonyl (C=O) groups is 1. The molecule has 118 valence electrons. The molecule has 2 atom stereocenters. The average molecular weight is 302 g/mol. The van der Waals surface area contributed by atoms with Gasteiger partial charge in [-0.25, -0.2) is 0 Å². The van der Waals surface area contributed by atoms with Crippen LogP contribution in [0, 0.1) is 5.92 Å². The third-order valence-electron chi connectivity index (χ3n) is 4.93. The van der Waals surface area contributed by atoms with E-state index in [0.29, 0.717) is 30.0 Å². The number of ether oxygens (including phenoxy) is 1. The van der Waals surface area contributed by atoms with Crippen LogP contribution in [-0.2, 0) is 9.53 Å². The van der Waals surface area contributed by atoms with E-state index in [1.165, 1.54) is 12.8 Å². The molecular weight excluding hydrogens is 280 g/mol. The third-order valence-corrected chi connectivity index (χ3v) is 4.93. The van der Waals surface area contributed by atoms with Crippen LogP contribution in [0.3, 0.4) is 0 Å². The van der Waals surface area contributed by atoms with Crippen molar-refractivity contribution >= 4 is 5.91 Å². The Balaban J connectivity index is 1.79. The maximum Gasteiger partial charge on any atom is 0.292 e. The summed E-state index contributed by atoms with van der Waals surface area (Å²) in [5, 5.41) is 3.60. The van der Waals surface area contributed by atoms with Gasteiger partial charge in [0.2, 0.25) is 5.76 Å². The molecule has 1 unspecified atom stereocenters. The minimum Gasteiger partial charge on any atom is -0.486 e. The van der Waals surface area contributed by atoms with E-state index in [0.717, 1.165) is 17.7 Å². The molecule has 0 bridgehead atoms. The molecule has 0 aromatic rings. The van der Waals surface area contributed by atoms with Gasteiger partial charge in [0.25, 0.3) is 5.91 Å². The Morgan fingerprint density at radius 2 is 2.09 bits per heavy atom. The standard InChI is InChI=1S/C16H22N4O2/c1-19-8-10(17)7-11-13-14(16(21)20(2)15(11)19)22-6-5-12(18-13)9-3-4-9/h7-9,12,15,18H,3-6,17H2,1-2H3/t12-,15?/m1/s1. The number of carbonyl (C=O) groups excluding carboxylic acids is 1. The number of hydrogen-bond donors (Lipinski definition) is 2. The van der Waals surface area contributed by atoms with Crippen molar-refractivity contribution in [3.05, 3.63) is 35.0 Å². The number of allylic oxidation sites excluding steroid dienone is 1. The number of nitrogens with one attached hydrogen (secondary N) is 1. The fraction of sp³-hybridized carbons (Fsp3) is 0.562. The first-order valence-electron chi connectivity index (χ1n) is 7.88. The van der Waals surface area contributed by atoms with E-state index in [4.69, 9.17) is 10.5 Å². The predicted molar refractivity (Wildman–Crippen MR) is 81.9 cm³/mol. The first-order valence-corrected chi connectivity index (χ1v) is 7.88. The van der Waals surface area contributed by atoms with Gasteiger partial charge in [-0.3, -0.25) is 4.79 Å². The summed E-state index contributed by atoms with van der Waals surface area (Å²) in [7, 11) is 3.75. The SMILES string of the molecule is CN1C=C(N)C=C2C3=C(OCC[C@H](C4CC4)N3)C(=O)N(C)C21. The molecule has 22 heavy (non-hydrogen) atoms. The van der Waals surface area contributed by atoms with Crippen molar-refractivity contribution in [2.24, 2.45) is 11.7 Å². The lowest BCUT2D eigenvalue weighted by molar-refractivity contribution is -0.134. The molecule has 4 rings (SSSR count). The number of likely N-dealkylation sites (N-methyl/N-ethyl adjacent to an activating group) is 2. The molecule has 6 nitrogen and oxygen atoms in total. The molecule has 1 fully saturated rings. The summed E-state index contributed by atoms with van der Waals surface area (Å²) in [6, 6.07) is 0.391. The van der Waals surface area contributed by atoms with Gasteiger partial charge in [-0.1, -0.05) is 0 Å². The molecule has 3 heterocycles. The van der Waals surface area contributed by atoms with Gasteiger partial charge in [-0.2, -0.15) is 0 Å². The number of nitrogens with zero attached hydrogens (tertiary/aromatic N) is 2. The lowest BCUT2D eigenvalue weighted by Gasteiger charge is -2.43. The molecule has 1 saturated carbocycles. The predicted octanol–water partition coefficient (Wildman–Crippen LogP) is 0.457. The Hall–Kier alpha value is -2.11. The van der Waals surface area contributed by atoms with Gasteiger partial charge in [0.1, 0.15) is 6.17 Å². The molecule has 0 aromatic carbocycles. The highest BCUT2D eigenvalue weighted by Gasteiger charge is 2.43. The topological polar surface area (TPSA) is 70.8 Å². The van der Waals surface area contributed by atoms with Gasteiger partial charge in [0, 0.05) is 44.0 Å². The summed E-state index contributed by atoms with van der Waals surface area (Å²) in [5.74, 6) is 1.08. The lowest BCUT2D eigenvalue weighted by Crippen LogP contribution is -2.54. The van der Waals surface area contributed by atoms with Gasteiger partial charge in [0.15, 0.2) is 0 Å². The minimum absolute atomic E-state index is 0.0678. The number of amides is 1. The Bertz CT molecular complexity index is 618. The highest BCUT2D eigenvalue weighted by molar-refractivity contribution is 5.95. The lowest BCUT2D eigenvalue weighted by atomic mass is 9.97. The molecule has 6 heteroatoms. The zero-order valence-electron chi connectivity index (χ0n) is 13.0. The van der Waals surface area contributed by atoms with Gasteiger partial charge in [0.05, 0.1) is 12.3 Å². The molecule has 0 radical (unpaired) electrons. The fourth-order valence-electron chi connectivity index (χ4n) is 3.69. The van der Waals surface area contributed by atoms with E-state index in [1.54, 1.807) is 4.90 Å². The number of hydrogen-bond acceptors (Lipinski definition) is 5. The minimum atomic E-state index is -0.132. The zero-order valence-corrected chi connectivity index (χ0v) is 13.0. The summed E-state index contributed by atoms with van der Waals surface area (Å²) >= 11 is 0. The number of rotatable bonds is 1. The van der Waals surface area contributed by atoms with Crippen LogP contribution < -0.4 is 11.1 Å². The molecule has 1 amide bonds. The quantitative estimate of drug-likeness (QED) is 0.736. The van der Waals surface area contributed by atoms with Crippen molar-refractivity contribution in [1.29, 1.82) is 0 Å². The van der Waals surface area contributed by atoms with Gasteiger partial charge >= 0.3 is 0 Å². The van der Waals surface area contributed by atoms with Crippen molar-refractivity contribution in [2.45, 2.75) is 31.5 Å². The largest absolute Gasteiger partial charge is 0.486 e. The van der Waals surface area contributed by atoms with Gasteiger partial charge in [-0.15, -0.1) is 0 Å². The summed E-state index contributed by atoms with van der Waals surface area (Å²) in [5.41, 5.74) is 8.58.